The first-order valence-electron chi connectivity index (χ1n) is 7.74. The van der Waals surface area contributed by atoms with Gasteiger partial charge in [0.1, 0.15) is 11.5 Å². The zero-order valence-corrected chi connectivity index (χ0v) is 13.3. The van der Waals surface area contributed by atoms with Crippen LogP contribution >= 0.6 is 11.6 Å². The first-order valence-corrected chi connectivity index (χ1v) is 8.12. The molecule has 1 saturated carbocycles. The van der Waals surface area contributed by atoms with E-state index in [1.807, 2.05) is 36.5 Å². The summed E-state index contributed by atoms with van der Waals surface area (Å²) >= 11 is 5.88. The van der Waals surface area contributed by atoms with Crippen molar-refractivity contribution in [3.63, 3.8) is 0 Å². The number of aldehydes is 1. The molecule has 0 bridgehead atoms. The Labute approximate surface area is 139 Å². The van der Waals surface area contributed by atoms with Crippen molar-refractivity contribution in [2.75, 3.05) is 0 Å². The molecule has 0 saturated heterocycles. The fraction of sp³-hybridized carbons (Fsp3) is 0.211. The summed E-state index contributed by atoms with van der Waals surface area (Å²) in [5.74, 6) is 2.20. The van der Waals surface area contributed by atoms with E-state index in [0.29, 0.717) is 16.3 Å². The van der Waals surface area contributed by atoms with Crippen LogP contribution in [0.15, 0.2) is 48.7 Å². The Hall–Kier alpha value is -2.26. The molecule has 0 amide bonds. The van der Waals surface area contributed by atoms with Crippen LogP contribution in [0.4, 0.5) is 0 Å². The molecule has 23 heavy (non-hydrogen) atoms. The largest absolute Gasteiger partial charge is 0.457 e. The van der Waals surface area contributed by atoms with Crippen LogP contribution in [0.3, 0.4) is 0 Å². The minimum atomic E-state index is 0.674. The van der Waals surface area contributed by atoms with Crippen LogP contribution in [-0.2, 0) is 6.54 Å². The standard InChI is InChI=1S/C19H16ClNO2/c20-15-3-5-16(6-4-15)23-17-7-8-19-18(9-17)14(12-22)11-21(19)10-13-1-2-13/h3-9,11-13H,1-2,10H2. The number of hydrogen-bond donors (Lipinski definition) is 0. The summed E-state index contributed by atoms with van der Waals surface area (Å²) in [6, 6.07) is 13.1. The summed E-state index contributed by atoms with van der Waals surface area (Å²) in [5, 5.41) is 1.61. The first kappa shape index (κ1) is 14.3. The second-order valence-electron chi connectivity index (χ2n) is 6.03. The summed E-state index contributed by atoms with van der Waals surface area (Å²) in [6.45, 7) is 0.988. The van der Waals surface area contributed by atoms with E-state index >= 15 is 0 Å². The lowest BCUT2D eigenvalue weighted by atomic mass is 10.2. The summed E-state index contributed by atoms with van der Waals surface area (Å²) in [6.07, 6.45) is 5.43. The highest BCUT2D eigenvalue weighted by Gasteiger charge is 2.23. The van der Waals surface area contributed by atoms with Gasteiger partial charge >= 0.3 is 0 Å². The third-order valence-electron chi connectivity index (χ3n) is 4.21. The van der Waals surface area contributed by atoms with Crippen molar-refractivity contribution >= 4 is 28.8 Å². The van der Waals surface area contributed by atoms with Gasteiger partial charge in [0.15, 0.2) is 6.29 Å². The zero-order chi connectivity index (χ0) is 15.8. The summed E-state index contributed by atoms with van der Waals surface area (Å²) < 4.78 is 8.04. The molecule has 1 aliphatic carbocycles. The molecule has 1 heterocycles. The molecular formula is C19H16ClNO2. The Morgan fingerprint density at radius 1 is 1.13 bits per heavy atom. The highest BCUT2D eigenvalue weighted by molar-refractivity contribution is 6.30. The van der Waals surface area contributed by atoms with E-state index in [0.717, 1.165) is 35.4 Å². The van der Waals surface area contributed by atoms with Gasteiger partial charge in [-0.25, -0.2) is 0 Å². The predicted molar refractivity (Wildman–Crippen MR) is 91.6 cm³/mol. The number of nitrogens with zero attached hydrogens (tertiary/aromatic N) is 1. The molecule has 0 atom stereocenters. The number of carbonyl (C=O) groups is 1. The van der Waals surface area contributed by atoms with Crippen molar-refractivity contribution in [2.24, 2.45) is 5.92 Å². The molecule has 1 aromatic heterocycles. The molecule has 3 nitrogen and oxygen atoms in total. The molecule has 0 spiro atoms. The SMILES string of the molecule is O=Cc1cn(CC2CC2)c2ccc(Oc3ccc(Cl)cc3)cc12. The normalized spacial score (nSPS) is 14.1. The van der Waals surface area contributed by atoms with Crippen LogP contribution < -0.4 is 4.74 Å². The number of fused-ring (bicyclic) bond motifs is 1. The van der Waals surface area contributed by atoms with E-state index in [1.54, 1.807) is 12.1 Å². The van der Waals surface area contributed by atoms with Crippen molar-refractivity contribution in [3.8, 4) is 11.5 Å². The van der Waals surface area contributed by atoms with E-state index in [9.17, 15) is 4.79 Å². The predicted octanol–water partition coefficient (Wildman–Crippen LogP) is 5.31. The average Bonchev–Trinajstić information content (AvgIpc) is 3.31. The summed E-state index contributed by atoms with van der Waals surface area (Å²) in [5.41, 5.74) is 1.80. The summed E-state index contributed by atoms with van der Waals surface area (Å²) in [4.78, 5) is 11.4. The van der Waals surface area contributed by atoms with Gasteiger partial charge in [-0.1, -0.05) is 11.6 Å². The van der Waals surface area contributed by atoms with E-state index in [1.165, 1.54) is 12.8 Å². The molecule has 0 N–H and O–H groups in total. The molecule has 0 radical (unpaired) electrons. The fourth-order valence-corrected chi connectivity index (χ4v) is 2.96. The van der Waals surface area contributed by atoms with E-state index in [-0.39, 0.29) is 0 Å². The third-order valence-corrected chi connectivity index (χ3v) is 4.46. The number of rotatable bonds is 5. The van der Waals surface area contributed by atoms with Gasteiger partial charge in [-0.05, 0) is 61.2 Å². The molecule has 1 aliphatic rings. The monoisotopic (exact) mass is 325 g/mol. The molecule has 0 unspecified atom stereocenters. The Balaban J connectivity index is 1.68. The Kier molecular flexibility index (Phi) is 3.58. The molecule has 4 rings (SSSR count). The van der Waals surface area contributed by atoms with E-state index in [4.69, 9.17) is 16.3 Å². The number of halogens is 1. The maximum Gasteiger partial charge on any atom is 0.152 e. The second kappa shape index (κ2) is 5.74. The van der Waals surface area contributed by atoms with Gasteiger partial charge in [-0.2, -0.15) is 0 Å². The minimum Gasteiger partial charge on any atom is -0.457 e. The van der Waals surface area contributed by atoms with Gasteiger partial charge in [0.25, 0.3) is 0 Å². The van der Waals surface area contributed by atoms with E-state index < -0.39 is 0 Å². The van der Waals surface area contributed by atoms with Gasteiger partial charge < -0.3 is 9.30 Å². The topological polar surface area (TPSA) is 31.2 Å². The maximum absolute atomic E-state index is 11.4. The summed E-state index contributed by atoms with van der Waals surface area (Å²) in [7, 11) is 0. The quantitative estimate of drug-likeness (QED) is 0.595. The van der Waals surface area contributed by atoms with Gasteiger partial charge in [0, 0.05) is 34.2 Å². The molecule has 3 aromatic rings. The Morgan fingerprint density at radius 3 is 2.57 bits per heavy atom. The van der Waals surface area contributed by atoms with Crippen molar-refractivity contribution in [1.82, 2.24) is 4.57 Å². The highest BCUT2D eigenvalue weighted by Crippen LogP contribution is 2.34. The van der Waals surface area contributed by atoms with Crippen molar-refractivity contribution in [3.05, 3.63) is 59.2 Å². The van der Waals surface area contributed by atoms with Crippen LogP contribution in [0.1, 0.15) is 23.2 Å². The lowest BCUT2D eigenvalue weighted by Gasteiger charge is -2.07. The number of carbonyl (C=O) groups excluding carboxylic acids is 1. The van der Waals surface area contributed by atoms with Gasteiger partial charge in [0.05, 0.1) is 0 Å². The van der Waals surface area contributed by atoms with Crippen molar-refractivity contribution in [2.45, 2.75) is 19.4 Å². The molecule has 4 heteroatoms. The fourth-order valence-electron chi connectivity index (χ4n) is 2.83. The van der Waals surface area contributed by atoms with E-state index in [2.05, 4.69) is 4.57 Å². The number of benzene rings is 2. The molecule has 1 fully saturated rings. The van der Waals surface area contributed by atoms with Crippen molar-refractivity contribution in [1.29, 1.82) is 0 Å². The number of hydrogen-bond acceptors (Lipinski definition) is 2. The van der Waals surface area contributed by atoms with Gasteiger partial charge in [-0.3, -0.25) is 4.79 Å². The number of ether oxygens (including phenoxy) is 1. The second-order valence-corrected chi connectivity index (χ2v) is 6.47. The molecule has 2 aromatic carbocycles. The average molecular weight is 326 g/mol. The minimum absolute atomic E-state index is 0.674. The molecule has 0 aliphatic heterocycles. The Bertz CT molecular complexity index is 863. The molecule has 116 valence electrons. The van der Waals surface area contributed by atoms with Gasteiger partial charge in [0.2, 0.25) is 0 Å². The smallest absolute Gasteiger partial charge is 0.152 e. The maximum atomic E-state index is 11.4. The number of aromatic nitrogens is 1. The van der Waals surface area contributed by atoms with Crippen LogP contribution in [0, 0.1) is 5.92 Å². The van der Waals surface area contributed by atoms with Crippen LogP contribution in [0.2, 0.25) is 5.02 Å². The third kappa shape index (κ3) is 2.97. The lowest BCUT2D eigenvalue weighted by Crippen LogP contribution is -1.97. The lowest BCUT2D eigenvalue weighted by molar-refractivity contribution is 0.112. The van der Waals surface area contributed by atoms with Crippen LogP contribution in [-0.4, -0.2) is 10.9 Å². The van der Waals surface area contributed by atoms with Crippen LogP contribution in [0.25, 0.3) is 10.9 Å². The first-order chi connectivity index (χ1) is 11.2. The Morgan fingerprint density at radius 2 is 1.87 bits per heavy atom. The van der Waals surface area contributed by atoms with Crippen molar-refractivity contribution < 1.29 is 9.53 Å². The van der Waals surface area contributed by atoms with Gasteiger partial charge in [-0.15, -0.1) is 0 Å². The highest BCUT2D eigenvalue weighted by atomic mass is 35.5. The zero-order valence-electron chi connectivity index (χ0n) is 12.5. The molecular weight excluding hydrogens is 310 g/mol. The van der Waals surface area contributed by atoms with Crippen LogP contribution in [0.5, 0.6) is 11.5 Å².